The van der Waals surface area contributed by atoms with E-state index < -0.39 is 0 Å². The largest absolute Gasteiger partial charge is 0.490 e. The van der Waals surface area contributed by atoms with Crippen LogP contribution in [0.15, 0.2) is 28.7 Å². The molecule has 1 aromatic rings. The summed E-state index contributed by atoms with van der Waals surface area (Å²) in [6.07, 6.45) is -0.211. The van der Waals surface area contributed by atoms with Gasteiger partial charge in [-0.2, -0.15) is 0 Å². The maximum Gasteiger partial charge on any atom is 0.229 e. The molecule has 0 aromatic heterocycles. The first kappa shape index (κ1) is 22.9. The standard InChI is InChI=1S/C19H31BrO3Si2/c1-13(19(5,6)17(22-24-7)23-25-8)16(18(2,3)4)21-15-11-9-10-14(20)12-15/h9-13,16-17H,1-8H3. The molecule has 0 aliphatic heterocycles. The summed E-state index contributed by atoms with van der Waals surface area (Å²) in [6, 6.07) is 8.03. The Hall–Kier alpha value is -0.146. The number of rotatable bonds is 9. The van der Waals surface area contributed by atoms with E-state index in [4.69, 9.17) is 13.6 Å². The van der Waals surface area contributed by atoms with Gasteiger partial charge in [-0.25, -0.2) is 0 Å². The molecule has 3 nitrogen and oxygen atoms in total. The zero-order valence-electron chi connectivity index (χ0n) is 16.6. The number of hydrogen-bond acceptors (Lipinski definition) is 3. The summed E-state index contributed by atoms with van der Waals surface area (Å²) in [7, 11) is 0.797. The molecule has 0 bridgehead atoms. The molecule has 140 valence electrons. The molecule has 2 unspecified atom stereocenters. The highest BCUT2D eigenvalue weighted by Crippen LogP contribution is 2.42. The Morgan fingerprint density at radius 2 is 1.56 bits per heavy atom. The third kappa shape index (κ3) is 6.50. The third-order valence-corrected chi connectivity index (χ3v) is 5.99. The van der Waals surface area contributed by atoms with E-state index in [0.29, 0.717) is 19.5 Å². The maximum absolute atomic E-state index is 6.48. The van der Waals surface area contributed by atoms with Crippen LogP contribution in [-0.2, 0) is 8.85 Å². The van der Waals surface area contributed by atoms with Crippen molar-refractivity contribution in [1.29, 1.82) is 0 Å². The summed E-state index contributed by atoms with van der Waals surface area (Å²) in [5.74, 6) is 1.11. The molecule has 1 aromatic carbocycles. The number of halogens is 1. The van der Waals surface area contributed by atoms with E-state index in [1.165, 1.54) is 0 Å². The van der Waals surface area contributed by atoms with E-state index in [0.717, 1.165) is 10.2 Å². The molecule has 0 saturated carbocycles. The predicted molar refractivity (Wildman–Crippen MR) is 110 cm³/mol. The van der Waals surface area contributed by atoms with Crippen molar-refractivity contribution in [3.8, 4) is 5.75 Å². The Morgan fingerprint density at radius 3 is 2.00 bits per heavy atom. The second-order valence-electron chi connectivity index (χ2n) is 7.95. The van der Waals surface area contributed by atoms with E-state index >= 15 is 0 Å². The number of ether oxygens (including phenoxy) is 1. The minimum Gasteiger partial charge on any atom is -0.490 e. The van der Waals surface area contributed by atoms with E-state index in [9.17, 15) is 0 Å². The second-order valence-corrected chi connectivity index (χ2v) is 10.2. The lowest BCUT2D eigenvalue weighted by molar-refractivity contribution is -0.132. The molecule has 2 atom stereocenters. The summed E-state index contributed by atoms with van der Waals surface area (Å²) in [6.45, 7) is 17.4. The molecular weight excluding hydrogens is 412 g/mol. The second kappa shape index (κ2) is 9.69. The number of hydrogen-bond donors (Lipinski definition) is 0. The van der Waals surface area contributed by atoms with Crippen LogP contribution in [0, 0.1) is 16.7 Å². The molecule has 0 aliphatic rings. The van der Waals surface area contributed by atoms with Crippen LogP contribution in [0.3, 0.4) is 0 Å². The van der Waals surface area contributed by atoms with Crippen molar-refractivity contribution in [2.45, 2.75) is 67.0 Å². The van der Waals surface area contributed by atoms with Gasteiger partial charge in [-0.15, -0.1) is 0 Å². The van der Waals surface area contributed by atoms with Gasteiger partial charge < -0.3 is 13.6 Å². The molecule has 0 fully saturated rings. The van der Waals surface area contributed by atoms with Gasteiger partial charge in [0.2, 0.25) is 19.5 Å². The zero-order valence-corrected chi connectivity index (χ0v) is 20.2. The molecule has 6 heteroatoms. The van der Waals surface area contributed by atoms with Crippen LogP contribution in [0.25, 0.3) is 0 Å². The molecule has 1 rings (SSSR count). The highest BCUT2D eigenvalue weighted by atomic mass is 79.9. The van der Waals surface area contributed by atoms with Gasteiger partial charge in [0.1, 0.15) is 18.1 Å². The van der Waals surface area contributed by atoms with Crippen LogP contribution in [0.1, 0.15) is 41.5 Å². The van der Waals surface area contributed by atoms with Gasteiger partial charge in [0, 0.05) is 15.8 Å². The Bertz CT molecular complexity index is 526. The van der Waals surface area contributed by atoms with Crippen molar-refractivity contribution >= 4 is 35.5 Å². The van der Waals surface area contributed by atoms with E-state index in [1.807, 2.05) is 37.4 Å². The Morgan fingerprint density at radius 1 is 1.00 bits per heavy atom. The fraction of sp³-hybridized carbons (Fsp3) is 0.684. The summed E-state index contributed by atoms with van der Waals surface area (Å²) >= 11 is 3.53. The topological polar surface area (TPSA) is 27.7 Å². The van der Waals surface area contributed by atoms with Crippen molar-refractivity contribution in [3.05, 3.63) is 28.7 Å². The lowest BCUT2D eigenvalue weighted by Crippen LogP contribution is -2.50. The minimum atomic E-state index is -0.231. The first-order valence-electron chi connectivity index (χ1n) is 8.61. The third-order valence-electron chi connectivity index (χ3n) is 4.60. The van der Waals surface area contributed by atoms with Gasteiger partial charge in [-0.3, -0.25) is 0 Å². The summed E-state index contributed by atoms with van der Waals surface area (Å²) in [5, 5.41) is 0. The van der Waals surface area contributed by atoms with E-state index in [2.05, 4.69) is 57.5 Å². The highest BCUT2D eigenvalue weighted by Gasteiger charge is 2.45. The van der Waals surface area contributed by atoms with Gasteiger partial charge in [0.05, 0.1) is 0 Å². The fourth-order valence-corrected chi connectivity index (χ4v) is 4.47. The molecule has 0 amide bonds. The van der Waals surface area contributed by atoms with Crippen molar-refractivity contribution in [1.82, 2.24) is 0 Å². The van der Waals surface area contributed by atoms with Crippen LogP contribution in [-0.4, -0.2) is 31.9 Å². The average molecular weight is 444 g/mol. The van der Waals surface area contributed by atoms with Crippen molar-refractivity contribution in [2.24, 2.45) is 16.7 Å². The van der Waals surface area contributed by atoms with Gasteiger partial charge in [0.25, 0.3) is 0 Å². The fourth-order valence-electron chi connectivity index (χ4n) is 2.86. The molecule has 4 radical (unpaired) electrons. The smallest absolute Gasteiger partial charge is 0.229 e. The van der Waals surface area contributed by atoms with Crippen molar-refractivity contribution < 1.29 is 13.6 Å². The van der Waals surface area contributed by atoms with Crippen molar-refractivity contribution in [2.75, 3.05) is 0 Å². The molecule has 0 saturated heterocycles. The highest BCUT2D eigenvalue weighted by molar-refractivity contribution is 9.10. The van der Waals surface area contributed by atoms with Crippen LogP contribution < -0.4 is 4.74 Å². The van der Waals surface area contributed by atoms with Crippen LogP contribution in [0.2, 0.25) is 13.1 Å². The van der Waals surface area contributed by atoms with Crippen LogP contribution in [0.4, 0.5) is 0 Å². The maximum atomic E-state index is 6.48. The van der Waals surface area contributed by atoms with Gasteiger partial charge in [0.15, 0.2) is 0 Å². The molecule has 25 heavy (non-hydrogen) atoms. The summed E-state index contributed by atoms with van der Waals surface area (Å²) in [4.78, 5) is 0. The van der Waals surface area contributed by atoms with Gasteiger partial charge >= 0.3 is 0 Å². The Balaban J connectivity index is 3.12. The van der Waals surface area contributed by atoms with Gasteiger partial charge in [-0.1, -0.05) is 63.5 Å². The first-order chi connectivity index (χ1) is 11.5. The molecular formula is C19H31BrO3Si2. The lowest BCUT2D eigenvalue weighted by atomic mass is 9.69. The Labute approximate surface area is 167 Å². The molecule has 0 aliphatic carbocycles. The van der Waals surface area contributed by atoms with Gasteiger partial charge in [-0.05, 0) is 36.7 Å². The summed E-state index contributed by atoms with van der Waals surface area (Å²) in [5.41, 5.74) is -0.206. The zero-order chi connectivity index (χ0) is 19.3. The van der Waals surface area contributed by atoms with Crippen LogP contribution in [0.5, 0.6) is 5.75 Å². The SMILES string of the molecule is C[Si]OC(O[Si]C)C(C)(C)C(C)C(Oc1cccc(Br)c1)C(C)(C)C. The minimum absolute atomic E-state index is 0.0203. The van der Waals surface area contributed by atoms with E-state index in [1.54, 1.807) is 0 Å². The van der Waals surface area contributed by atoms with E-state index in [-0.39, 0.29) is 29.1 Å². The van der Waals surface area contributed by atoms with Crippen LogP contribution >= 0.6 is 15.9 Å². The normalized spacial score (nSPS) is 15.3. The number of benzene rings is 1. The molecule has 0 spiro atoms. The Kier molecular flexibility index (Phi) is 8.88. The quantitative estimate of drug-likeness (QED) is 0.367. The summed E-state index contributed by atoms with van der Waals surface area (Å²) < 4.78 is 19.4. The average Bonchev–Trinajstić information content (AvgIpc) is 2.50. The monoisotopic (exact) mass is 442 g/mol. The lowest BCUT2D eigenvalue weighted by Gasteiger charge is -2.46. The molecule has 0 heterocycles. The molecule has 0 N–H and O–H groups in total. The van der Waals surface area contributed by atoms with Crippen molar-refractivity contribution in [3.63, 3.8) is 0 Å². The first-order valence-corrected chi connectivity index (χ1v) is 12.2. The predicted octanol–water partition coefficient (Wildman–Crippen LogP) is 5.60.